The molecule has 5 nitrogen and oxygen atoms in total. The lowest BCUT2D eigenvalue weighted by Gasteiger charge is -2.22. The average Bonchev–Trinajstić information content (AvgIpc) is 2.93. The fraction of sp³-hybridized carbons (Fsp3) is 0.579. The Labute approximate surface area is 143 Å². The van der Waals surface area contributed by atoms with Gasteiger partial charge in [-0.1, -0.05) is 32.0 Å². The number of aromatic nitrogens is 3. The Morgan fingerprint density at radius 1 is 1.21 bits per heavy atom. The van der Waals surface area contributed by atoms with Crippen molar-refractivity contribution in [2.75, 3.05) is 13.1 Å². The van der Waals surface area contributed by atoms with E-state index in [2.05, 4.69) is 19.2 Å². The molecule has 2 aromatic rings. The summed E-state index contributed by atoms with van der Waals surface area (Å²) >= 11 is 0. The largest absolute Gasteiger partial charge is 0.350 e. The first kappa shape index (κ1) is 17.0. The van der Waals surface area contributed by atoms with Crippen LogP contribution in [0.5, 0.6) is 0 Å². The maximum atomic E-state index is 13.0. The topological polar surface area (TPSA) is 51.9 Å². The summed E-state index contributed by atoms with van der Waals surface area (Å²) in [6.07, 6.45) is 4.19. The number of hydrogen-bond donors (Lipinski definition) is 1. The van der Waals surface area contributed by atoms with Crippen LogP contribution in [0.25, 0.3) is 5.69 Å². The molecule has 0 bridgehead atoms. The van der Waals surface area contributed by atoms with Gasteiger partial charge >= 0.3 is 5.69 Å². The van der Waals surface area contributed by atoms with E-state index < -0.39 is 0 Å². The molecule has 2 heterocycles. The van der Waals surface area contributed by atoms with Crippen molar-refractivity contribution in [3.8, 4) is 5.69 Å². The standard InChI is InChI=1S/C19H28N4O/c1-15(2)7-6-14-22-19(24)23(17-8-4-3-5-9-17)18(21-22)16-10-12-20-13-11-16/h3-5,8-9,15-16,20H,6-7,10-14H2,1-2H3. The SMILES string of the molecule is CC(C)CCCn1nc(C2CCNCC2)n(-c2ccccc2)c1=O. The Kier molecular flexibility index (Phi) is 5.51. The molecule has 1 aliphatic rings. The molecule has 1 saturated heterocycles. The van der Waals surface area contributed by atoms with Crippen molar-refractivity contribution in [1.29, 1.82) is 0 Å². The van der Waals surface area contributed by atoms with Gasteiger partial charge in [-0.2, -0.15) is 5.10 Å². The molecular formula is C19H28N4O. The van der Waals surface area contributed by atoms with Gasteiger partial charge in [-0.25, -0.2) is 14.0 Å². The first-order valence-electron chi connectivity index (χ1n) is 9.12. The van der Waals surface area contributed by atoms with Gasteiger partial charge in [0.1, 0.15) is 5.82 Å². The number of benzene rings is 1. The van der Waals surface area contributed by atoms with Gasteiger partial charge in [-0.15, -0.1) is 0 Å². The Balaban J connectivity index is 1.94. The molecule has 24 heavy (non-hydrogen) atoms. The van der Waals surface area contributed by atoms with E-state index in [0.29, 0.717) is 18.4 Å². The van der Waals surface area contributed by atoms with Crippen LogP contribution in [0.15, 0.2) is 35.1 Å². The van der Waals surface area contributed by atoms with Crippen LogP contribution in [0.1, 0.15) is 51.3 Å². The number of nitrogens with one attached hydrogen (secondary N) is 1. The highest BCUT2D eigenvalue weighted by Crippen LogP contribution is 2.24. The summed E-state index contributed by atoms with van der Waals surface area (Å²) in [6, 6.07) is 9.91. The molecule has 0 amide bonds. The quantitative estimate of drug-likeness (QED) is 0.887. The van der Waals surface area contributed by atoms with Gasteiger partial charge in [0.25, 0.3) is 0 Å². The summed E-state index contributed by atoms with van der Waals surface area (Å²) in [5, 5.41) is 8.14. The second-order valence-electron chi connectivity index (χ2n) is 7.10. The van der Waals surface area contributed by atoms with Crippen molar-refractivity contribution in [1.82, 2.24) is 19.7 Å². The molecule has 0 radical (unpaired) electrons. The van der Waals surface area contributed by atoms with E-state index >= 15 is 0 Å². The summed E-state index contributed by atoms with van der Waals surface area (Å²) in [4.78, 5) is 13.0. The highest BCUT2D eigenvalue weighted by atomic mass is 16.2. The number of aryl methyl sites for hydroxylation is 1. The zero-order chi connectivity index (χ0) is 16.9. The maximum absolute atomic E-state index is 13.0. The fourth-order valence-electron chi connectivity index (χ4n) is 3.38. The van der Waals surface area contributed by atoms with Crippen LogP contribution < -0.4 is 11.0 Å². The molecule has 0 saturated carbocycles. The zero-order valence-corrected chi connectivity index (χ0v) is 14.7. The molecule has 3 rings (SSSR count). The summed E-state index contributed by atoms with van der Waals surface area (Å²) in [5.74, 6) is 1.93. The van der Waals surface area contributed by atoms with Crippen LogP contribution in [0.4, 0.5) is 0 Å². The van der Waals surface area contributed by atoms with Gasteiger partial charge in [0.2, 0.25) is 0 Å². The van der Waals surface area contributed by atoms with E-state index in [4.69, 9.17) is 5.10 Å². The molecule has 0 atom stereocenters. The normalized spacial score (nSPS) is 16.0. The highest BCUT2D eigenvalue weighted by Gasteiger charge is 2.24. The summed E-state index contributed by atoms with van der Waals surface area (Å²) in [5.41, 5.74) is 0.921. The fourth-order valence-corrected chi connectivity index (χ4v) is 3.38. The van der Waals surface area contributed by atoms with E-state index in [-0.39, 0.29) is 5.69 Å². The van der Waals surface area contributed by atoms with Gasteiger partial charge < -0.3 is 5.32 Å². The minimum atomic E-state index is -0.00140. The number of piperidine rings is 1. The van der Waals surface area contributed by atoms with Gasteiger partial charge in [0.05, 0.1) is 5.69 Å². The molecule has 0 aliphatic carbocycles. The molecule has 1 N–H and O–H groups in total. The van der Waals surface area contributed by atoms with Crippen LogP contribution >= 0.6 is 0 Å². The van der Waals surface area contributed by atoms with E-state index in [1.165, 1.54) is 0 Å². The van der Waals surface area contributed by atoms with Crippen LogP contribution in [0.2, 0.25) is 0 Å². The van der Waals surface area contributed by atoms with E-state index in [1.54, 1.807) is 4.68 Å². The first-order chi connectivity index (χ1) is 11.7. The van der Waals surface area contributed by atoms with Crippen molar-refractivity contribution in [3.05, 3.63) is 46.6 Å². The Bertz CT molecular complexity index is 696. The molecule has 0 spiro atoms. The molecule has 5 heteroatoms. The second kappa shape index (κ2) is 7.79. The monoisotopic (exact) mass is 328 g/mol. The predicted molar refractivity (Wildman–Crippen MR) is 96.7 cm³/mol. The van der Waals surface area contributed by atoms with Crippen molar-refractivity contribution in [3.63, 3.8) is 0 Å². The van der Waals surface area contributed by atoms with Gasteiger partial charge in [-0.3, -0.25) is 0 Å². The zero-order valence-electron chi connectivity index (χ0n) is 14.7. The average molecular weight is 328 g/mol. The first-order valence-corrected chi connectivity index (χ1v) is 9.12. The van der Waals surface area contributed by atoms with Crippen LogP contribution in [0, 0.1) is 5.92 Å². The molecule has 0 unspecified atom stereocenters. The summed E-state index contributed by atoms with van der Waals surface area (Å²) in [7, 11) is 0. The molecule has 1 aliphatic heterocycles. The van der Waals surface area contributed by atoms with E-state index in [1.807, 2.05) is 34.9 Å². The number of nitrogens with zero attached hydrogens (tertiary/aromatic N) is 3. The molecule has 1 fully saturated rings. The lowest BCUT2D eigenvalue weighted by Crippen LogP contribution is -2.29. The molecule has 130 valence electrons. The third-order valence-electron chi connectivity index (χ3n) is 4.73. The Morgan fingerprint density at radius 2 is 1.92 bits per heavy atom. The third-order valence-corrected chi connectivity index (χ3v) is 4.73. The van der Waals surface area contributed by atoms with Gasteiger partial charge in [0.15, 0.2) is 0 Å². The summed E-state index contributed by atoms with van der Waals surface area (Å²) in [6.45, 7) is 7.12. The predicted octanol–water partition coefficient (Wildman–Crippen LogP) is 2.94. The van der Waals surface area contributed by atoms with Crippen LogP contribution in [-0.2, 0) is 6.54 Å². The van der Waals surface area contributed by atoms with E-state index in [9.17, 15) is 4.79 Å². The number of hydrogen-bond acceptors (Lipinski definition) is 3. The lowest BCUT2D eigenvalue weighted by molar-refractivity contribution is 0.433. The van der Waals surface area contributed by atoms with Gasteiger partial charge in [0, 0.05) is 12.5 Å². The van der Waals surface area contributed by atoms with Crippen molar-refractivity contribution in [2.45, 2.75) is 52.0 Å². The molecule has 1 aromatic heterocycles. The van der Waals surface area contributed by atoms with Crippen LogP contribution in [0.3, 0.4) is 0 Å². The second-order valence-corrected chi connectivity index (χ2v) is 7.10. The van der Waals surface area contributed by atoms with Crippen molar-refractivity contribution < 1.29 is 0 Å². The van der Waals surface area contributed by atoms with Crippen LogP contribution in [-0.4, -0.2) is 27.4 Å². The summed E-state index contributed by atoms with van der Waals surface area (Å²) < 4.78 is 3.50. The smallest absolute Gasteiger partial charge is 0.317 e. The Morgan fingerprint density at radius 3 is 2.58 bits per heavy atom. The minimum absolute atomic E-state index is 0.00140. The van der Waals surface area contributed by atoms with Crippen molar-refractivity contribution in [2.24, 2.45) is 5.92 Å². The Hall–Kier alpha value is -1.88. The highest BCUT2D eigenvalue weighted by molar-refractivity contribution is 5.33. The number of rotatable bonds is 6. The molecular weight excluding hydrogens is 300 g/mol. The van der Waals surface area contributed by atoms with Gasteiger partial charge in [-0.05, 0) is 56.8 Å². The minimum Gasteiger partial charge on any atom is -0.317 e. The van der Waals surface area contributed by atoms with Crippen molar-refractivity contribution >= 4 is 0 Å². The molecule has 1 aromatic carbocycles. The number of para-hydroxylation sites is 1. The van der Waals surface area contributed by atoms with E-state index in [0.717, 1.165) is 50.3 Å². The lowest BCUT2D eigenvalue weighted by atomic mass is 9.97. The maximum Gasteiger partial charge on any atom is 0.350 e. The third kappa shape index (κ3) is 3.78.